The normalized spacial score (nSPS) is 35.2. The molecule has 1 amide bonds. The molecule has 0 N–H and O–H groups in total. The second kappa shape index (κ2) is 14.4. The van der Waals surface area contributed by atoms with Crippen molar-refractivity contribution in [1.82, 2.24) is 4.90 Å². The van der Waals surface area contributed by atoms with E-state index >= 15 is 0 Å². The van der Waals surface area contributed by atoms with Gasteiger partial charge in [-0.25, -0.2) is 8.42 Å². The molecular weight excluding hydrogens is 630 g/mol. The number of hydrogen-bond donors (Lipinski definition) is 0. The fourth-order valence-electron chi connectivity index (χ4n) is 10.1. The highest BCUT2D eigenvalue weighted by Gasteiger charge is 2.69. The average Bonchev–Trinajstić information content (AvgIpc) is 3.82. The predicted octanol–water partition coefficient (Wildman–Crippen LogP) is 5.80. The van der Waals surface area contributed by atoms with Crippen LogP contribution in [0.4, 0.5) is 0 Å². The standard InChI is InChI=1S/C38H57NO8S/c1-37(2)29-24-39-33(32(29)37)30(41)22-26(34(43)31(42)20-25-14-15-25)12-8-5-3-4-6-9-13-27(35(39)44)21-28(40)23-38(16-10-7-11-17-38)36-47-18-19-48(36,45)46/h25-27,29,32-33,36H,3-24H2,1-2H3/t26-,27-,29+,32+,33-,36?/m1/s1. The molecular formula is C38H57NO8S. The van der Waals surface area contributed by atoms with Crippen molar-refractivity contribution in [2.75, 3.05) is 18.9 Å². The molecule has 0 aromatic rings. The summed E-state index contributed by atoms with van der Waals surface area (Å²) in [6.07, 6.45) is 12.9. The van der Waals surface area contributed by atoms with E-state index in [0.717, 1.165) is 70.6 Å². The lowest BCUT2D eigenvalue weighted by atomic mass is 9.70. The molecule has 3 aliphatic carbocycles. The van der Waals surface area contributed by atoms with Gasteiger partial charge in [0.05, 0.1) is 18.4 Å². The average molecular weight is 688 g/mol. The lowest BCUT2D eigenvalue weighted by molar-refractivity contribution is -0.146. The molecule has 6 atom stereocenters. The summed E-state index contributed by atoms with van der Waals surface area (Å²) in [6, 6.07) is -0.643. The van der Waals surface area contributed by atoms with Crippen LogP contribution in [0.5, 0.6) is 0 Å². The Morgan fingerprint density at radius 1 is 0.854 bits per heavy atom. The third kappa shape index (κ3) is 7.54. The molecule has 6 aliphatic rings. The number of carbonyl (C=O) groups excluding carboxylic acids is 5. The number of hydrogen-bond acceptors (Lipinski definition) is 8. The molecule has 3 saturated carbocycles. The van der Waals surface area contributed by atoms with Gasteiger partial charge in [0, 0.05) is 49.5 Å². The number of ketones is 4. The van der Waals surface area contributed by atoms with Crippen molar-refractivity contribution in [1.29, 1.82) is 0 Å². The van der Waals surface area contributed by atoms with Gasteiger partial charge in [-0.05, 0) is 61.7 Å². The molecule has 268 valence electrons. The number of sulfone groups is 1. The smallest absolute Gasteiger partial charge is 0.226 e. The van der Waals surface area contributed by atoms with Gasteiger partial charge < -0.3 is 9.64 Å². The first-order valence-corrected chi connectivity index (χ1v) is 20.8. The molecule has 48 heavy (non-hydrogen) atoms. The van der Waals surface area contributed by atoms with Crippen molar-refractivity contribution in [3.63, 3.8) is 0 Å². The lowest BCUT2D eigenvalue weighted by Gasteiger charge is -2.40. The number of ether oxygens (including phenoxy) is 1. The van der Waals surface area contributed by atoms with Crippen molar-refractivity contribution in [3.8, 4) is 0 Å². The summed E-state index contributed by atoms with van der Waals surface area (Å²) in [5.41, 5.74) is -1.80. The van der Waals surface area contributed by atoms with Crippen molar-refractivity contribution >= 4 is 38.9 Å². The zero-order chi connectivity index (χ0) is 34.3. The Morgan fingerprint density at radius 3 is 2.15 bits per heavy atom. The molecule has 0 aromatic heterocycles. The molecule has 6 fully saturated rings. The SMILES string of the molecule is CC1(C)[C@@H]2[C@H]3C(=O)C[C@H](C(=O)C(=O)CC4CC4)CCCCCCCC[C@H](CC(=O)CC4(C5OCCS5(=O)=O)CCCCC4)C(=O)N3C[C@@H]21. The lowest BCUT2D eigenvalue weighted by Crippen LogP contribution is -2.49. The van der Waals surface area contributed by atoms with Crippen molar-refractivity contribution in [2.45, 2.75) is 147 Å². The number of fused-ring (bicyclic) bond motifs is 3. The zero-order valence-corrected chi connectivity index (χ0v) is 30.0. The highest BCUT2D eigenvalue weighted by Crippen LogP contribution is 2.65. The molecule has 1 unspecified atom stereocenters. The van der Waals surface area contributed by atoms with Crippen molar-refractivity contribution < 1.29 is 37.1 Å². The first kappa shape index (κ1) is 35.9. The number of amides is 1. The second-order valence-corrected chi connectivity index (χ2v) is 19.2. The first-order chi connectivity index (χ1) is 22.8. The molecule has 0 spiro atoms. The maximum atomic E-state index is 14.5. The Hall–Kier alpha value is -1.94. The molecule has 0 radical (unpaired) electrons. The highest BCUT2D eigenvalue weighted by molar-refractivity contribution is 7.92. The van der Waals surface area contributed by atoms with E-state index in [4.69, 9.17) is 4.74 Å². The van der Waals surface area contributed by atoms with E-state index in [1.165, 1.54) is 0 Å². The number of nitrogens with zero attached hydrogens (tertiary/aromatic N) is 1. The van der Waals surface area contributed by atoms with Gasteiger partial charge in [0.1, 0.15) is 5.78 Å². The molecule has 0 bridgehead atoms. The van der Waals surface area contributed by atoms with Crippen LogP contribution >= 0.6 is 0 Å². The second-order valence-electron chi connectivity index (χ2n) is 17.0. The van der Waals surface area contributed by atoms with Gasteiger partial charge >= 0.3 is 0 Å². The van der Waals surface area contributed by atoms with Crippen LogP contribution in [0.15, 0.2) is 0 Å². The van der Waals surface area contributed by atoms with Crippen LogP contribution in [0.1, 0.15) is 136 Å². The van der Waals surface area contributed by atoms with Crippen molar-refractivity contribution in [3.05, 3.63) is 0 Å². The Bertz CT molecular complexity index is 1380. The van der Waals surface area contributed by atoms with Crippen LogP contribution in [0.3, 0.4) is 0 Å². The van der Waals surface area contributed by atoms with E-state index in [1.54, 1.807) is 4.90 Å². The summed E-state index contributed by atoms with van der Waals surface area (Å²) in [4.78, 5) is 70.7. The van der Waals surface area contributed by atoms with E-state index in [9.17, 15) is 32.4 Å². The van der Waals surface area contributed by atoms with Crippen LogP contribution < -0.4 is 0 Å². The Morgan fingerprint density at radius 2 is 1.50 bits per heavy atom. The third-order valence-electron chi connectivity index (χ3n) is 13.1. The van der Waals surface area contributed by atoms with Gasteiger partial charge in [-0.2, -0.15) is 0 Å². The molecule has 3 aliphatic heterocycles. The quantitative estimate of drug-likeness (QED) is 0.278. The summed E-state index contributed by atoms with van der Waals surface area (Å²) in [5, 5.41) is 0. The Balaban J connectivity index is 1.21. The van der Waals surface area contributed by atoms with E-state index in [1.807, 2.05) is 0 Å². The number of rotatable bonds is 9. The summed E-state index contributed by atoms with van der Waals surface area (Å²) in [7, 11) is -3.45. The largest absolute Gasteiger partial charge is 0.361 e. The van der Waals surface area contributed by atoms with Gasteiger partial charge in [-0.1, -0.05) is 71.6 Å². The topological polar surface area (TPSA) is 132 Å². The summed E-state index contributed by atoms with van der Waals surface area (Å²) >= 11 is 0. The maximum Gasteiger partial charge on any atom is 0.226 e. The number of piperidine rings is 1. The van der Waals surface area contributed by atoms with Gasteiger partial charge in [0.25, 0.3) is 0 Å². The molecule has 10 heteroatoms. The number of Topliss-reactive ketones (excluding diaryl/α,β-unsaturated/α-hetero) is 4. The highest BCUT2D eigenvalue weighted by atomic mass is 32.2. The molecule has 6 rings (SSSR count). The number of carbonyl (C=O) groups is 5. The minimum Gasteiger partial charge on any atom is -0.361 e. The monoisotopic (exact) mass is 687 g/mol. The summed E-state index contributed by atoms with van der Waals surface area (Å²) < 4.78 is 31.8. The van der Waals surface area contributed by atoms with Crippen LogP contribution in [0.2, 0.25) is 0 Å². The fraction of sp³-hybridized carbons (Fsp3) is 0.868. The van der Waals surface area contributed by atoms with E-state index in [-0.39, 0.29) is 78.6 Å². The first-order valence-electron chi connectivity index (χ1n) is 19.1. The third-order valence-corrected chi connectivity index (χ3v) is 15.2. The van der Waals surface area contributed by atoms with Gasteiger partial charge in [-0.15, -0.1) is 0 Å². The van der Waals surface area contributed by atoms with Gasteiger partial charge in [-0.3, -0.25) is 24.0 Å². The minimum absolute atomic E-state index is 0.00846. The van der Waals surface area contributed by atoms with E-state index < -0.39 is 44.3 Å². The maximum absolute atomic E-state index is 14.5. The summed E-state index contributed by atoms with van der Waals surface area (Å²) in [5.74, 6) is -1.84. The van der Waals surface area contributed by atoms with Crippen LogP contribution in [-0.4, -0.2) is 72.7 Å². The van der Waals surface area contributed by atoms with Gasteiger partial charge in [0.2, 0.25) is 11.7 Å². The molecule has 0 aromatic carbocycles. The van der Waals surface area contributed by atoms with Gasteiger partial charge in [0.15, 0.2) is 26.8 Å². The summed E-state index contributed by atoms with van der Waals surface area (Å²) in [6.45, 7) is 4.90. The minimum atomic E-state index is -3.45. The predicted molar refractivity (Wildman–Crippen MR) is 180 cm³/mol. The van der Waals surface area contributed by atoms with E-state index in [0.29, 0.717) is 38.1 Å². The van der Waals surface area contributed by atoms with E-state index in [2.05, 4.69) is 13.8 Å². The van der Waals surface area contributed by atoms with Crippen LogP contribution in [0.25, 0.3) is 0 Å². The molecule has 3 saturated heterocycles. The Labute approximate surface area is 287 Å². The van der Waals surface area contributed by atoms with Crippen molar-refractivity contribution in [2.24, 2.45) is 40.4 Å². The van der Waals surface area contributed by atoms with Crippen LogP contribution in [-0.2, 0) is 38.5 Å². The zero-order valence-electron chi connectivity index (χ0n) is 29.2. The Kier molecular flexibility index (Phi) is 10.7. The molecule has 3 heterocycles. The fourth-order valence-corrected chi connectivity index (χ4v) is 12.0. The molecule has 9 nitrogen and oxygen atoms in total. The van der Waals surface area contributed by atoms with Crippen LogP contribution in [0, 0.1) is 40.4 Å².